The fourth-order valence-corrected chi connectivity index (χ4v) is 2.39. The highest BCUT2D eigenvalue weighted by molar-refractivity contribution is 5.73. The molecule has 0 bridgehead atoms. The lowest BCUT2D eigenvalue weighted by atomic mass is 10.0. The summed E-state index contributed by atoms with van der Waals surface area (Å²) in [4.78, 5) is 15.9. The molecular formula is C18H20F3N3O2. The third-order valence-electron chi connectivity index (χ3n) is 3.57. The number of nitrogens with one attached hydrogen (secondary N) is 2. The van der Waals surface area contributed by atoms with Gasteiger partial charge in [0.15, 0.2) is 0 Å². The summed E-state index contributed by atoms with van der Waals surface area (Å²) < 4.78 is 44.1. The number of ether oxygens (including phenoxy) is 1. The summed E-state index contributed by atoms with van der Waals surface area (Å²) in [5.74, 6) is 0.439. The molecule has 0 aliphatic carbocycles. The normalized spacial score (nSPS) is 11.1. The molecule has 0 fully saturated rings. The van der Waals surface area contributed by atoms with Gasteiger partial charge in [0.1, 0.15) is 0 Å². The van der Waals surface area contributed by atoms with Crippen molar-refractivity contribution in [3.8, 4) is 5.88 Å². The van der Waals surface area contributed by atoms with Crippen molar-refractivity contribution in [2.24, 2.45) is 0 Å². The zero-order chi connectivity index (χ0) is 19.0. The van der Waals surface area contributed by atoms with Gasteiger partial charge in [0, 0.05) is 24.8 Å². The Balaban J connectivity index is 1.84. The zero-order valence-corrected chi connectivity index (χ0v) is 14.3. The number of urea groups is 1. The molecule has 5 nitrogen and oxygen atoms in total. The van der Waals surface area contributed by atoms with Gasteiger partial charge in [-0.3, -0.25) is 0 Å². The van der Waals surface area contributed by atoms with Gasteiger partial charge >= 0.3 is 12.2 Å². The lowest BCUT2D eigenvalue weighted by Crippen LogP contribution is -2.36. The molecule has 0 aliphatic rings. The highest BCUT2D eigenvalue weighted by atomic mass is 19.4. The molecule has 2 aromatic rings. The predicted octanol–water partition coefficient (Wildman–Crippen LogP) is 3.54. The molecule has 2 rings (SSSR count). The molecule has 0 spiro atoms. The van der Waals surface area contributed by atoms with E-state index in [-0.39, 0.29) is 25.1 Å². The van der Waals surface area contributed by atoms with Crippen LogP contribution in [-0.2, 0) is 19.1 Å². The van der Waals surface area contributed by atoms with E-state index in [1.807, 2.05) is 6.92 Å². The number of pyridine rings is 1. The molecular weight excluding hydrogens is 347 g/mol. The molecule has 1 aromatic carbocycles. The second kappa shape index (κ2) is 9.07. The first-order chi connectivity index (χ1) is 12.4. The van der Waals surface area contributed by atoms with Crippen LogP contribution in [0.2, 0.25) is 0 Å². The van der Waals surface area contributed by atoms with E-state index in [0.717, 1.165) is 6.07 Å². The molecule has 2 amide bonds. The molecule has 0 unspecified atom stereocenters. The number of benzene rings is 1. The second-order valence-electron chi connectivity index (χ2n) is 5.42. The average molecular weight is 367 g/mol. The monoisotopic (exact) mass is 367 g/mol. The number of halogens is 3. The Kier molecular flexibility index (Phi) is 6.82. The summed E-state index contributed by atoms with van der Waals surface area (Å²) in [6.45, 7) is 2.57. The topological polar surface area (TPSA) is 63.2 Å². The van der Waals surface area contributed by atoms with E-state index in [9.17, 15) is 18.0 Å². The number of carbonyl (C=O) groups is 1. The number of amides is 2. The van der Waals surface area contributed by atoms with Crippen LogP contribution in [0.25, 0.3) is 0 Å². The molecule has 1 aromatic heterocycles. The van der Waals surface area contributed by atoms with Gasteiger partial charge in [0.25, 0.3) is 0 Å². The smallest absolute Gasteiger partial charge is 0.416 e. The van der Waals surface area contributed by atoms with Crippen LogP contribution >= 0.6 is 0 Å². The standard InChI is InChI=1S/C18H20F3N3O2/c1-2-26-16-14(7-5-10-22-16)12-24-17(25)23-11-9-13-6-3-4-8-15(13)18(19,20)21/h3-8,10H,2,9,11-12H2,1H3,(H2,23,24,25). The van der Waals surface area contributed by atoms with Gasteiger partial charge in [0.2, 0.25) is 5.88 Å². The van der Waals surface area contributed by atoms with Gasteiger partial charge in [-0.15, -0.1) is 0 Å². The maximum atomic E-state index is 12.9. The minimum Gasteiger partial charge on any atom is -0.478 e. The maximum Gasteiger partial charge on any atom is 0.416 e. The number of hydrogen-bond acceptors (Lipinski definition) is 3. The number of carbonyl (C=O) groups excluding carboxylic acids is 1. The van der Waals surface area contributed by atoms with Crippen molar-refractivity contribution in [1.82, 2.24) is 15.6 Å². The lowest BCUT2D eigenvalue weighted by molar-refractivity contribution is -0.138. The molecule has 2 N–H and O–H groups in total. The molecule has 26 heavy (non-hydrogen) atoms. The quantitative estimate of drug-likeness (QED) is 0.787. The van der Waals surface area contributed by atoms with E-state index in [0.29, 0.717) is 18.1 Å². The van der Waals surface area contributed by atoms with Crippen molar-refractivity contribution in [2.45, 2.75) is 26.1 Å². The first-order valence-electron chi connectivity index (χ1n) is 8.15. The lowest BCUT2D eigenvalue weighted by Gasteiger charge is -2.13. The van der Waals surface area contributed by atoms with Crippen LogP contribution in [-0.4, -0.2) is 24.2 Å². The predicted molar refractivity (Wildman–Crippen MR) is 90.8 cm³/mol. The van der Waals surface area contributed by atoms with Crippen LogP contribution in [0.1, 0.15) is 23.6 Å². The number of hydrogen-bond donors (Lipinski definition) is 2. The molecule has 140 valence electrons. The van der Waals surface area contributed by atoms with Crippen molar-refractivity contribution >= 4 is 6.03 Å². The van der Waals surface area contributed by atoms with Crippen LogP contribution in [0.4, 0.5) is 18.0 Å². The number of aromatic nitrogens is 1. The minimum absolute atomic E-state index is 0.0835. The molecule has 8 heteroatoms. The SMILES string of the molecule is CCOc1ncccc1CNC(=O)NCCc1ccccc1C(F)(F)F. The fraction of sp³-hybridized carbons (Fsp3) is 0.333. The molecule has 0 saturated carbocycles. The van der Waals surface area contributed by atoms with Gasteiger partial charge in [-0.1, -0.05) is 24.3 Å². The second-order valence-corrected chi connectivity index (χ2v) is 5.42. The van der Waals surface area contributed by atoms with Crippen LogP contribution < -0.4 is 15.4 Å². The number of nitrogens with zero attached hydrogens (tertiary/aromatic N) is 1. The largest absolute Gasteiger partial charge is 0.478 e. The van der Waals surface area contributed by atoms with Crippen molar-refractivity contribution in [3.63, 3.8) is 0 Å². The van der Waals surface area contributed by atoms with Crippen LogP contribution in [0.5, 0.6) is 5.88 Å². The van der Waals surface area contributed by atoms with E-state index in [1.165, 1.54) is 12.1 Å². The summed E-state index contributed by atoms with van der Waals surface area (Å²) in [6, 6.07) is 8.36. The summed E-state index contributed by atoms with van der Waals surface area (Å²) in [5, 5.41) is 5.19. The van der Waals surface area contributed by atoms with E-state index >= 15 is 0 Å². The fourth-order valence-electron chi connectivity index (χ4n) is 2.39. The molecule has 0 aliphatic heterocycles. The van der Waals surface area contributed by atoms with E-state index in [2.05, 4.69) is 15.6 Å². The van der Waals surface area contributed by atoms with Crippen molar-refractivity contribution < 1.29 is 22.7 Å². The van der Waals surface area contributed by atoms with Gasteiger partial charge in [-0.2, -0.15) is 13.2 Å². The Hall–Kier alpha value is -2.77. The van der Waals surface area contributed by atoms with Crippen molar-refractivity contribution in [2.75, 3.05) is 13.2 Å². The third kappa shape index (κ3) is 5.65. The third-order valence-corrected chi connectivity index (χ3v) is 3.57. The highest BCUT2D eigenvalue weighted by Gasteiger charge is 2.32. The number of rotatable bonds is 7. The zero-order valence-electron chi connectivity index (χ0n) is 14.3. The Labute approximate surface area is 149 Å². The Morgan fingerprint density at radius 2 is 1.85 bits per heavy atom. The summed E-state index contributed by atoms with van der Waals surface area (Å²) >= 11 is 0. The maximum absolute atomic E-state index is 12.9. The molecule has 0 saturated heterocycles. The Bertz CT molecular complexity index is 736. The van der Waals surface area contributed by atoms with Crippen molar-refractivity contribution in [3.05, 3.63) is 59.3 Å². The van der Waals surface area contributed by atoms with Crippen molar-refractivity contribution in [1.29, 1.82) is 0 Å². The average Bonchev–Trinajstić information content (AvgIpc) is 2.61. The van der Waals surface area contributed by atoms with Gasteiger partial charge < -0.3 is 15.4 Å². The van der Waals surface area contributed by atoms with Gasteiger partial charge in [-0.25, -0.2) is 9.78 Å². The first-order valence-corrected chi connectivity index (χ1v) is 8.15. The van der Waals surface area contributed by atoms with Crippen LogP contribution in [0.3, 0.4) is 0 Å². The Morgan fingerprint density at radius 3 is 2.58 bits per heavy atom. The minimum atomic E-state index is -4.41. The van der Waals surface area contributed by atoms with Crippen LogP contribution in [0.15, 0.2) is 42.6 Å². The van der Waals surface area contributed by atoms with Gasteiger partial charge in [0.05, 0.1) is 12.2 Å². The molecule has 1 heterocycles. The van der Waals surface area contributed by atoms with Gasteiger partial charge in [-0.05, 0) is 31.0 Å². The van der Waals surface area contributed by atoms with Crippen LogP contribution in [0, 0.1) is 0 Å². The van der Waals surface area contributed by atoms with E-state index in [1.54, 1.807) is 24.4 Å². The Morgan fingerprint density at radius 1 is 1.12 bits per heavy atom. The van der Waals surface area contributed by atoms with E-state index in [4.69, 9.17) is 4.74 Å². The summed E-state index contributed by atoms with van der Waals surface area (Å²) in [5.41, 5.74) is 0.178. The van der Waals surface area contributed by atoms with E-state index < -0.39 is 17.8 Å². The summed E-state index contributed by atoms with van der Waals surface area (Å²) in [6.07, 6.45) is -2.73. The molecule has 0 atom stereocenters. The first kappa shape index (κ1) is 19.6. The number of alkyl halides is 3. The molecule has 0 radical (unpaired) electrons. The summed E-state index contributed by atoms with van der Waals surface area (Å²) in [7, 11) is 0. The highest BCUT2D eigenvalue weighted by Crippen LogP contribution is 2.31.